The van der Waals surface area contributed by atoms with Gasteiger partial charge in [-0.1, -0.05) is 30.3 Å². The molecule has 2 aromatic carbocycles. The molecule has 1 aliphatic heterocycles. The molecule has 0 unspecified atom stereocenters. The third kappa shape index (κ3) is 3.91. The average molecular weight is 393 g/mol. The smallest absolute Gasteiger partial charge is 0.246 e. The van der Waals surface area contributed by atoms with Gasteiger partial charge in [0.25, 0.3) is 0 Å². The zero-order chi connectivity index (χ0) is 20.2. The largest absolute Gasteiger partial charge is 0.497 e. The number of methoxy groups -OCH3 is 2. The van der Waals surface area contributed by atoms with E-state index in [9.17, 15) is 4.79 Å². The number of benzene rings is 2. The Morgan fingerprint density at radius 2 is 1.97 bits per heavy atom. The van der Waals surface area contributed by atoms with E-state index < -0.39 is 0 Å². The van der Waals surface area contributed by atoms with E-state index in [4.69, 9.17) is 9.47 Å². The second kappa shape index (κ2) is 8.30. The summed E-state index contributed by atoms with van der Waals surface area (Å²) in [7, 11) is 3.26. The van der Waals surface area contributed by atoms with Crippen LogP contribution in [0.15, 0.2) is 48.5 Å². The highest BCUT2D eigenvalue weighted by Crippen LogP contribution is 2.39. The SMILES string of the molecule is COc1ccc(OC)c([C@@H]2CCCN2C(=O)Cn2nnc(-c3ccccc3)n2)c1. The lowest BCUT2D eigenvalue weighted by atomic mass is 10.0. The van der Waals surface area contributed by atoms with Crippen LogP contribution in [-0.2, 0) is 11.3 Å². The Labute approximate surface area is 169 Å². The van der Waals surface area contributed by atoms with Gasteiger partial charge in [0.2, 0.25) is 11.7 Å². The number of nitrogens with zero attached hydrogens (tertiary/aromatic N) is 5. The maximum absolute atomic E-state index is 13.0. The lowest BCUT2D eigenvalue weighted by Crippen LogP contribution is -2.34. The zero-order valence-corrected chi connectivity index (χ0v) is 16.5. The van der Waals surface area contributed by atoms with Crippen molar-refractivity contribution < 1.29 is 14.3 Å². The molecular weight excluding hydrogens is 370 g/mol. The van der Waals surface area contributed by atoms with Gasteiger partial charge in [0.15, 0.2) is 0 Å². The summed E-state index contributed by atoms with van der Waals surface area (Å²) in [5.74, 6) is 1.95. The van der Waals surface area contributed by atoms with Gasteiger partial charge in [-0.25, -0.2) is 0 Å². The molecule has 1 atom stereocenters. The van der Waals surface area contributed by atoms with Crippen molar-refractivity contribution in [3.63, 3.8) is 0 Å². The molecule has 1 aliphatic rings. The molecule has 8 heteroatoms. The number of carbonyl (C=O) groups is 1. The number of hydrogen-bond acceptors (Lipinski definition) is 6. The fourth-order valence-electron chi connectivity index (χ4n) is 3.71. The van der Waals surface area contributed by atoms with E-state index in [0.29, 0.717) is 12.4 Å². The zero-order valence-electron chi connectivity index (χ0n) is 16.5. The number of likely N-dealkylation sites (tertiary alicyclic amines) is 1. The van der Waals surface area contributed by atoms with Crippen molar-refractivity contribution in [1.29, 1.82) is 0 Å². The Kier molecular flexibility index (Phi) is 5.41. The molecule has 1 amide bonds. The minimum atomic E-state index is -0.0651. The van der Waals surface area contributed by atoms with Gasteiger partial charge < -0.3 is 14.4 Å². The van der Waals surface area contributed by atoms with Crippen molar-refractivity contribution in [2.24, 2.45) is 0 Å². The third-order valence-electron chi connectivity index (χ3n) is 5.13. The minimum Gasteiger partial charge on any atom is -0.497 e. The maximum atomic E-state index is 13.0. The summed E-state index contributed by atoms with van der Waals surface area (Å²) in [4.78, 5) is 16.2. The third-order valence-corrected chi connectivity index (χ3v) is 5.13. The van der Waals surface area contributed by atoms with Crippen LogP contribution >= 0.6 is 0 Å². The van der Waals surface area contributed by atoms with E-state index in [-0.39, 0.29) is 18.5 Å². The molecule has 0 aliphatic carbocycles. The number of amides is 1. The molecular formula is C21H23N5O3. The van der Waals surface area contributed by atoms with E-state index in [1.807, 2.05) is 53.4 Å². The molecule has 0 saturated carbocycles. The number of ether oxygens (including phenoxy) is 2. The summed E-state index contributed by atoms with van der Waals surface area (Å²) < 4.78 is 10.9. The Balaban J connectivity index is 1.52. The molecule has 2 heterocycles. The van der Waals surface area contributed by atoms with Crippen LogP contribution in [0.25, 0.3) is 11.4 Å². The minimum absolute atomic E-state index is 0.0443. The Bertz CT molecular complexity index is 989. The molecule has 0 radical (unpaired) electrons. The summed E-state index contributed by atoms with van der Waals surface area (Å²) in [6.07, 6.45) is 1.80. The van der Waals surface area contributed by atoms with Crippen LogP contribution < -0.4 is 9.47 Å². The number of rotatable bonds is 6. The molecule has 29 heavy (non-hydrogen) atoms. The quantitative estimate of drug-likeness (QED) is 0.640. The number of aromatic nitrogens is 4. The number of hydrogen-bond donors (Lipinski definition) is 0. The fraction of sp³-hybridized carbons (Fsp3) is 0.333. The van der Waals surface area contributed by atoms with Crippen molar-refractivity contribution >= 4 is 5.91 Å². The van der Waals surface area contributed by atoms with E-state index in [1.54, 1.807) is 14.2 Å². The summed E-state index contributed by atoms with van der Waals surface area (Å²) in [5.41, 5.74) is 1.82. The van der Waals surface area contributed by atoms with Crippen LogP contribution in [0.1, 0.15) is 24.4 Å². The number of carbonyl (C=O) groups excluding carboxylic acids is 1. The fourth-order valence-corrected chi connectivity index (χ4v) is 3.71. The van der Waals surface area contributed by atoms with Crippen molar-refractivity contribution in [1.82, 2.24) is 25.1 Å². The van der Waals surface area contributed by atoms with Crippen LogP contribution in [0.4, 0.5) is 0 Å². The molecule has 0 N–H and O–H groups in total. The first-order valence-corrected chi connectivity index (χ1v) is 9.54. The Morgan fingerprint density at radius 3 is 2.72 bits per heavy atom. The van der Waals surface area contributed by atoms with Crippen molar-refractivity contribution in [2.45, 2.75) is 25.4 Å². The lowest BCUT2D eigenvalue weighted by Gasteiger charge is -2.26. The molecule has 0 spiro atoms. The van der Waals surface area contributed by atoms with Gasteiger partial charge >= 0.3 is 0 Å². The molecule has 0 bridgehead atoms. The van der Waals surface area contributed by atoms with Gasteiger partial charge in [-0.3, -0.25) is 4.79 Å². The molecule has 150 valence electrons. The van der Waals surface area contributed by atoms with Gasteiger partial charge in [0.05, 0.1) is 20.3 Å². The Hall–Kier alpha value is -3.42. The summed E-state index contributed by atoms with van der Waals surface area (Å²) in [6.45, 7) is 0.729. The second-order valence-electron chi connectivity index (χ2n) is 6.86. The van der Waals surface area contributed by atoms with Gasteiger partial charge in [-0.15, -0.1) is 10.2 Å². The van der Waals surface area contributed by atoms with E-state index in [0.717, 1.165) is 35.5 Å². The summed E-state index contributed by atoms with van der Waals surface area (Å²) in [5, 5.41) is 12.5. The lowest BCUT2D eigenvalue weighted by molar-refractivity contribution is -0.133. The Morgan fingerprint density at radius 1 is 1.14 bits per heavy atom. The highest BCUT2D eigenvalue weighted by molar-refractivity contribution is 5.77. The van der Waals surface area contributed by atoms with Gasteiger partial charge in [-0.2, -0.15) is 4.80 Å². The van der Waals surface area contributed by atoms with Crippen molar-refractivity contribution in [2.75, 3.05) is 20.8 Å². The predicted octanol–water partition coefficient (Wildman–Crippen LogP) is 2.72. The van der Waals surface area contributed by atoms with Crippen LogP contribution in [-0.4, -0.2) is 51.8 Å². The predicted molar refractivity (Wildman–Crippen MR) is 106 cm³/mol. The van der Waals surface area contributed by atoms with E-state index in [2.05, 4.69) is 15.4 Å². The summed E-state index contributed by atoms with van der Waals surface area (Å²) in [6, 6.07) is 15.2. The molecule has 1 saturated heterocycles. The standard InChI is InChI=1S/C21H23N5O3/c1-28-16-10-11-19(29-2)17(13-16)18-9-6-12-25(18)20(27)14-26-23-21(22-24-26)15-7-4-3-5-8-15/h3-5,7-8,10-11,13,18H,6,9,12,14H2,1-2H3/t18-/m0/s1. The van der Waals surface area contributed by atoms with Crippen LogP contribution in [0.2, 0.25) is 0 Å². The second-order valence-corrected chi connectivity index (χ2v) is 6.86. The summed E-state index contributed by atoms with van der Waals surface area (Å²) >= 11 is 0. The number of tetrazole rings is 1. The molecule has 3 aromatic rings. The van der Waals surface area contributed by atoms with Crippen molar-refractivity contribution in [3.05, 3.63) is 54.1 Å². The maximum Gasteiger partial charge on any atom is 0.246 e. The van der Waals surface area contributed by atoms with Crippen LogP contribution in [0.3, 0.4) is 0 Å². The average Bonchev–Trinajstić information content (AvgIpc) is 3.43. The van der Waals surface area contributed by atoms with E-state index in [1.165, 1.54) is 4.80 Å². The molecule has 8 nitrogen and oxygen atoms in total. The van der Waals surface area contributed by atoms with E-state index >= 15 is 0 Å². The molecule has 1 fully saturated rings. The first kappa shape index (κ1) is 18.9. The molecule has 1 aromatic heterocycles. The first-order chi connectivity index (χ1) is 14.2. The highest BCUT2D eigenvalue weighted by atomic mass is 16.5. The monoisotopic (exact) mass is 393 g/mol. The topological polar surface area (TPSA) is 82.4 Å². The van der Waals surface area contributed by atoms with Gasteiger partial charge in [-0.05, 0) is 36.3 Å². The van der Waals surface area contributed by atoms with Crippen LogP contribution in [0.5, 0.6) is 11.5 Å². The highest BCUT2D eigenvalue weighted by Gasteiger charge is 2.32. The first-order valence-electron chi connectivity index (χ1n) is 9.54. The van der Waals surface area contributed by atoms with Crippen molar-refractivity contribution in [3.8, 4) is 22.9 Å². The van der Waals surface area contributed by atoms with Gasteiger partial charge in [0.1, 0.15) is 18.0 Å². The van der Waals surface area contributed by atoms with Crippen LogP contribution in [0, 0.1) is 0 Å². The van der Waals surface area contributed by atoms with Gasteiger partial charge in [0, 0.05) is 17.7 Å². The molecule has 4 rings (SSSR count). The normalized spacial score (nSPS) is 16.1.